The van der Waals surface area contributed by atoms with Gasteiger partial charge in [-0.1, -0.05) is 138 Å². The van der Waals surface area contributed by atoms with Crippen molar-refractivity contribution in [3.63, 3.8) is 0 Å². The Balaban J connectivity index is 0.000000199. The molecule has 2 unspecified atom stereocenters. The Morgan fingerprint density at radius 1 is 0.536 bits per heavy atom. The fourth-order valence-electron chi connectivity index (χ4n) is 8.62. The third-order valence-corrected chi connectivity index (χ3v) is 15.1. The van der Waals surface area contributed by atoms with Gasteiger partial charge in [0.25, 0.3) is 0 Å². The largest absolute Gasteiger partial charge is 2.00 e. The van der Waals surface area contributed by atoms with Gasteiger partial charge in [-0.25, -0.2) is 0 Å². The molecule has 2 atom stereocenters. The number of hydrogen-bond donors (Lipinski definition) is 2. The van der Waals surface area contributed by atoms with E-state index in [9.17, 15) is 10.2 Å². The molecule has 0 fully saturated rings. The van der Waals surface area contributed by atoms with Gasteiger partial charge in [-0.3, -0.25) is 0 Å². The Bertz CT molecular complexity index is 2170. The van der Waals surface area contributed by atoms with Crippen LogP contribution < -0.4 is 10.4 Å². The standard InChI is InChI=1S/C30H26Si.2C11H16O.Zr/c1-19-13-15-25-23-11-7-5-9-21(23)17-27(25)29(19)31(3,4)30-20(2)14-16-26-24-12-8-6-10-22(24)18-28(26)30;2*1-8-5-6-10(12)9(7-8)11(2,3)4;/h5-16,23-24H,1-4H3;2*5-7,12H,1-4H3;/q-2;;;+2. The molecule has 0 spiro atoms. The van der Waals surface area contributed by atoms with E-state index < -0.39 is 8.07 Å². The topological polar surface area (TPSA) is 40.5 Å². The maximum Gasteiger partial charge on any atom is 2.00 e. The van der Waals surface area contributed by atoms with Crippen molar-refractivity contribution in [3.8, 4) is 11.5 Å². The molecule has 4 heteroatoms. The summed E-state index contributed by atoms with van der Waals surface area (Å²) in [5.74, 6) is 1.51. The second kappa shape index (κ2) is 16.5. The molecule has 0 radical (unpaired) electrons. The minimum Gasteiger partial charge on any atom is -0.508 e. The summed E-state index contributed by atoms with van der Waals surface area (Å²) >= 11 is 0. The maximum absolute atomic E-state index is 9.57. The predicted octanol–water partition coefficient (Wildman–Crippen LogP) is 11.7. The van der Waals surface area contributed by atoms with Gasteiger partial charge < -0.3 is 10.2 Å². The van der Waals surface area contributed by atoms with Crippen LogP contribution in [0, 0.1) is 39.8 Å². The Morgan fingerprint density at radius 2 is 0.911 bits per heavy atom. The molecule has 4 aliphatic rings. The van der Waals surface area contributed by atoms with E-state index in [0.717, 1.165) is 11.1 Å². The van der Waals surface area contributed by atoms with Crippen LogP contribution in [-0.2, 0) is 37.0 Å². The van der Waals surface area contributed by atoms with E-state index in [1.807, 2.05) is 38.1 Å². The fraction of sp³-hybridized carbons (Fsp3) is 0.308. The SMILES string of the molecule is Cc1ccc(O)c(C(C)(C)C)c1.Cc1ccc(O)c(C(C)(C)C)c1.Cc1ccc2c(c1[Si](C)(C)c1c(C)ccc3c1[C-]=C1C=CC=CC13)[C-]=C1C=CC=CC12.[Zr+2]. The molecule has 0 aliphatic heterocycles. The van der Waals surface area contributed by atoms with Crippen LogP contribution in [0.5, 0.6) is 11.5 Å². The molecule has 2 nitrogen and oxygen atoms in total. The average molecular weight is 834 g/mol. The molecule has 0 saturated heterocycles. The van der Waals surface area contributed by atoms with Gasteiger partial charge in [-0.15, -0.1) is 92.4 Å². The van der Waals surface area contributed by atoms with E-state index in [2.05, 4.69) is 154 Å². The summed E-state index contributed by atoms with van der Waals surface area (Å²) in [6, 6.07) is 20.8. The van der Waals surface area contributed by atoms with Crippen LogP contribution in [-0.4, -0.2) is 18.3 Å². The van der Waals surface area contributed by atoms with Crippen LogP contribution in [0.3, 0.4) is 0 Å². The Kier molecular flexibility index (Phi) is 12.7. The first-order valence-electron chi connectivity index (χ1n) is 19.6. The molecule has 0 heterocycles. The molecule has 0 bridgehead atoms. The van der Waals surface area contributed by atoms with Crippen molar-refractivity contribution in [2.45, 2.75) is 105 Å². The molecule has 0 amide bonds. The molecule has 4 aromatic carbocycles. The van der Waals surface area contributed by atoms with E-state index in [0.29, 0.717) is 23.3 Å². The van der Waals surface area contributed by atoms with Crippen LogP contribution >= 0.6 is 0 Å². The molecule has 56 heavy (non-hydrogen) atoms. The van der Waals surface area contributed by atoms with Crippen LogP contribution in [0.15, 0.2) is 120 Å². The van der Waals surface area contributed by atoms with Gasteiger partial charge in [0.05, 0.1) is 0 Å². The molecular weight excluding hydrogens is 776 g/mol. The smallest absolute Gasteiger partial charge is 0.508 e. The normalized spacial score (nSPS) is 17.2. The number of rotatable bonds is 2. The number of phenols is 2. The fourth-order valence-corrected chi connectivity index (χ4v) is 12.7. The number of aryl methyl sites for hydroxylation is 4. The van der Waals surface area contributed by atoms with Crippen LogP contribution in [0.4, 0.5) is 0 Å². The van der Waals surface area contributed by atoms with E-state index >= 15 is 0 Å². The average Bonchev–Trinajstić information content (AvgIpc) is 3.67. The molecule has 0 saturated carbocycles. The zero-order chi connectivity index (χ0) is 40.0. The van der Waals surface area contributed by atoms with Gasteiger partial charge in [-0.05, 0) is 73.6 Å². The second-order valence-corrected chi connectivity index (χ2v) is 22.5. The van der Waals surface area contributed by atoms with Crippen molar-refractivity contribution in [1.29, 1.82) is 0 Å². The molecule has 8 rings (SSSR count). The summed E-state index contributed by atoms with van der Waals surface area (Å²) in [6.45, 7) is 26.3. The van der Waals surface area contributed by atoms with Crippen molar-refractivity contribution in [1.82, 2.24) is 0 Å². The summed E-state index contributed by atoms with van der Waals surface area (Å²) in [6.07, 6.45) is 25.3. The van der Waals surface area contributed by atoms with Crippen molar-refractivity contribution >= 4 is 18.4 Å². The molecule has 4 aromatic rings. The summed E-state index contributed by atoms with van der Waals surface area (Å²) in [5, 5.41) is 22.2. The van der Waals surface area contributed by atoms with Gasteiger partial charge in [0.2, 0.25) is 0 Å². The molecule has 286 valence electrons. The molecule has 4 aliphatic carbocycles. The second-order valence-electron chi connectivity index (χ2n) is 18.2. The summed E-state index contributed by atoms with van der Waals surface area (Å²) in [5.41, 5.74) is 15.4. The van der Waals surface area contributed by atoms with Crippen molar-refractivity contribution < 1.29 is 36.4 Å². The number of aromatic hydroxyl groups is 2. The van der Waals surface area contributed by atoms with Gasteiger partial charge in [0, 0.05) is 8.07 Å². The minimum absolute atomic E-state index is 0. The van der Waals surface area contributed by atoms with E-state index in [4.69, 9.17) is 0 Å². The summed E-state index contributed by atoms with van der Waals surface area (Å²) in [7, 11) is -2.04. The third kappa shape index (κ3) is 8.63. The number of allylic oxidation sites excluding steroid dienone is 10. The number of fused-ring (bicyclic) bond motifs is 6. The number of phenolic OH excluding ortho intramolecular Hbond substituents is 2. The summed E-state index contributed by atoms with van der Waals surface area (Å²) in [4.78, 5) is 0. The molecular formula is C52H58O2SiZr. The zero-order valence-electron chi connectivity index (χ0n) is 35.4. The molecule has 2 N–H and O–H groups in total. The van der Waals surface area contributed by atoms with Crippen LogP contribution in [0.1, 0.15) is 109 Å². The van der Waals surface area contributed by atoms with Gasteiger partial charge in [0.15, 0.2) is 0 Å². The third-order valence-electron chi connectivity index (χ3n) is 11.3. The molecule has 0 aromatic heterocycles. The Hall–Kier alpha value is -3.98. The van der Waals surface area contributed by atoms with Crippen LogP contribution in [0.2, 0.25) is 13.1 Å². The monoisotopic (exact) mass is 832 g/mol. The van der Waals surface area contributed by atoms with E-state index in [1.165, 1.54) is 66.0 Å². The first kappa shape index (κ1) is 43.1. The zero-order valence-corrected chi connectivity index (χ0v) is 38.9. The van der Waals surface area contributed by atoms with E-state index in [-0.39, 0.29) is 37.0 Å². The minimum atomic E-state index is -2.04. The number of benzene rings is 4. The van der Waals surface area contributed by atoms with Gasteiger partial charge >= 0.3 is 26.2 Å². The maximum atomic E-state index is 9.57. The van der Waals surface area contributed by atoms with Crippen molar-refractivity contribution in [2.24, 2.45) is 0 Å². The Morgan fingerprint density at radius 3 is 1.25 bits per heavy atom. The summed E-state index contributed by atoms with van der Waals surface area (Å²) < 4.78 is 0. The predicted molar refractivity (Wildman–Crippen MR) is 236 cm³/mol. The van der Waals surface area contributed by atoms with Gasteiger partial charge in [0.1, 0.15) is 11.5 Å². The van der Waals surface area contributed by atoms with Crippen LogP contribution in [0.25, 0.3) is 0 Å². The number of hydrogen-bond acceptors (Lipinski definition) is 2. The van der Waals surface area contributed by atoms with E-state index in [1.54, 1.807) is 12.1 Å². The quantitative estimate of drug-likeness (QED) is 0.156. The van der Waals surface area contributed by atoms with Crippen molar-refractivity contribution in [2.75, 3.05) is 0 Å². The first-order chi connectivity index (χ1) is 25.8. The van der Waals surface area contributed by atoms with Crippen molar-refractivity contribution in [3.05, 3.63) is 188 Å². The van der Waals surface area contributed by atoms with Gasteiger partial charge in [-0.2, -0.15) is 0 Å². The first-order valence-corrected chi connectivity index (χ1v) is 22.6. The Labute approximate surface area is 357 Å².